The fraction of sp³-hybridized carbons (Fsp3) is 0.188. The molecular formula is C16H12Cl2N4O. The van der Waals surface area contributed by atoms with Gasteiger partial charge in [0.2, 0.25) is 5.91 Å². The number of aromatic nitrogens is 3. The first-order chi connectivity index (χ1) is 11.1. The Balaban J connectivity index is 1.71. The summed E-state index contributed by atoms with van der Waals surface area (Å²) in [5.41, 5.74) is 2.09. The Morgan fingerprint density at radius 2 is 2.00 bits per heavy atom. The van der Waals surface area contributed by atoms with Crippen LogP contribution < -0.4 is 5.32 Å². The van der Waals surface area contributed by atoms with Gasteiger partial charge in [-0.25, -0.2) is 9.97 Å². The smallest absolute Gasteiger partial charge is 0.228 e. The maximum absolute atomic E-state index is 11.8. The van der Waals surface area contributed by atoms with Gasteiger partial charge in [0, 0.05) is 12.0 Å². The van der Waals surface area contributed by atoms with Gasteiger partial charge in [-0.3, -0.25) is 4.79 Å². The van der Waals surface area contributed by atoms with Gasteiger partial charge >= 0.3 is 0 Å². The lowest BCUT2D eigenvalue weighted by molar-refractivity contribution is -0.117. The average Bonchev–Trinajstić information content (AvgIpc) is 3.28. The molecule has 1 aliphatic carbocycles. The molecule has 23 heavy (non-hydrogen) atoms. The van der Waals surface area contributed by atoms with E-state index in [1.807, 2.05) is 0 Å². The van der Waals surface area contributed by atoms with E-state index in [-0.39, 0.29) is 11.8 Å². The number of rotatable bonds is 3. The molecule has 3 aromatic rings. The summed E-state index contributed by atoms with van der Waals surface area (Å²) in [6, 6.07) is 7.04. The minimum absolute atomic E-state index is 0.0155. The molecule has 1 fully saturated rings. The highest BCUT2D eigenvalue weighted by molar-refractivity contribution is 6.39. The Labute approximate surface area is 142 Å². The van der Waals surface area contributed by atoms with Gasteiger partial charge < -0.3 is 10.3 Å². The van der Waals surface area contributed by atoms with E-state index in [2.05, 4.69) is 20.3 Å². The van der Waals surface area contributed by atoms with Crippen LogP contribution in [0.3, 0.4) is 0 Å². The number of hydrogen-bond acceptors (Lipinski definition) is 3. The van der Waals surface area contributed by atoms with E-state index in [4.69, 9.17) is 23.2 Å². The van der Waals surface area contributed by atoms with Crippen LogP contribution in [0.2, 0.25) is 10.0 Å². The van der Waals surface area contributed by atoms with E-state index in [1.165, 1.54) is 0 Å². The van der Waals surface area contributed by atoms with Crippen LogP contribution in [0.15, 0.2) is 30.5 Å². The number of aromatic amines is 1. The zero-order chi connectivity index (χ0) is 16.0. The molecule has 0 atom stereocenters. The number of benzene rings is 1. The van der Waals surface area contributed by atoms with Gasteiger partial charge in [-0.15, -0.1) is 0 Å². The van der Waals surface area contributed by atoms with Crippen molar-refractivity contribution in [2.24, 2.45) is 5.92 Å². The minimum Gasteiger partial charge on any atom is -0.337 e. The molecule has 4 rings (SSSR count). The minimum atomic E-state index is 0.0155. The number of carbonyl (C=O) groups excluding carboxylic acids is 1. The molecule has 1 amide bonds. The fourth-order valence-corrected chi connectivity index (χ4v) is 2.97. The lowest BCUT2D eigenvalue weighted by Gasteiger charge is -2.02. The van der Waals surface area contributed by atoms with E-state index in [0.29, 0.717) is 32.8 Å². The van der Waals surface area contributed by atoms with Gasteiger partial charge in [0.25, 0.3) is 0 Å². The molecule has 1 aliphatic rings. The monoisotopic (exact) mass is 346 g/mol. The zero-order valence-electron chi connectivity index (χ0n) is 11.9. The van der Waals surface area contributed by atoms with Crippen molar-refractivity contribution in [2.45, 2.75) is 12.8 Å². The number of imidazole rings is 1. The number of fused-ring (bicyclic) bond motifs is 1. The molecule has 0 radical (unpaired) electrons. The van der Waals surface area contributed by atoms with Crippen LogP contribution in [0.1, 0.15) is 12.8 Å². The van der Waals surface area contributed by atoms with Crippen LogP contribution >= 0.6 is 23.2 Å². The average molecular weight is 347 g/mol. The second kappa shape index (κ2) is 5.51. The second-order valence-electron chi connectivity index (χ2n) is 5.53. The summed E-state index contributed by atoms with van der Waals surface area (Å²) >= 11 is 12.4. The zero-order valence-corrected chi connectivity index (χ0v) is 13.4. The van der Waals surface area contributed by atoms with Crippen LogP contribution in [0.25, 0.3) is 22.4 Å². The summed E-state index contributed by atoms with van der Waals surface area (Å²) < 4.78 is 0. The molecule has 0 aliphatic heterocycles. The normalized spacial score (nSPS) is 14.2. The summed E-state index contributed by atoms with van der Waals surface area (Å²) in [5.74, 6) is 1.21. The maximum atomic E-state index is 11.8. The van der Waals surface area contributed by atoms with Gasteiger partial charge in [0.15, 0.2) is 0 Å². The molecule has 116 valence electrons. The van der Waals surface area contributed by atoms with Crippen LogP contribution in [-0.4, -0.2) is 20.9 Å². The van der Waals surface area contributed by atoms with E-state index in [1.54, 1.807) is 30.5 Å². The predicted molar refractivity (Wildman–Crippen MR) is 90.7 cm³/mol. The van der Waals surface area contributed by atoms with Crippen LogP contribution in [0.5, 0.6) is 0 Å². The number of anilines is 1. The van der Waals surface area contributed by atoms with Crippen molar-refractivity contribution in [1.29, 1.82) is 0 Å². The number of hydrogen-bond donors (Lipinski definition) is 2. The van der Waals surface area contributed by atoms with Crippen molar-refractivity contribution in [1.82, 2.24) is 15.0 Å². The number of pyridine rings is 1. The molecule has 5 nitrogen and oxygen atoms in total. The molecule has 2 N–H and O–H groups in total. The first-order valence-corrected chi connectivity index (χ1v) is 7.98. The van der Waals surface area contributed by atoms with E-state index in [9.17, 15) is 4.79 Å². The summed E-state index contributed by atoms with van der Waals surface area (Å²) in [6.07, 6.45) is 3.54. The summed E-state index contributed by atoms with van der Waals surface area (Å²) in [6.45, 7) is 0. The van der Waals surface area contributed by atoms with Crippen molar-refractivity contribution in [3.63, 3.8) is 0 Å². The Kier molecular flexibility index (Phi) is 3.47. The van der Waals surface area contributed by atoms with Crippen molar-refractivity contribution < 1.29 is 4.79 Å². The van der Waals surface area contributed by atoms with E-state index < -0.39 is 0 Å². The second-order valence-corrected chi connectivity index (χ2v) is 6.35. The molecular weight excluding hydrogens is 335 g/mol. The first kappa shape index (κ1) is 14.5. The van der Waals surface area contributed by atoms with Crippen molar-refractivity contribution in [3.8, 4) is 11.4 Å². The van der Waals surface area contributed by atoms with Crippen LogP contribution in [-0.2, 0) is 4.79 Å². The van der Waals surface area contributed by atoms with Crippen LogP contribution in [0.4, 0.5) is 5.82 Å². The Bertz CT molecular complexity index is 897. The molecule has 7 heteroatoms. The molecule has 0 unspecified atom stereocenters. The summed E-state index contributed by atoms with van der Waals surface area (Å²) in [5, 5.41) is 3.85. The molecule has 0 spiro atoms. The van der Waals surface area contributed by atoms with Gasteiger partial charge in [0.1, 0.15) is 11.6 Å². The number of halogens is 2. The fourth-order valence-electron chi connectivity index (χ4n) is 2.39. The third-order valence-electron chi connectivity index (χ3n) is 3.77. The van der Waals surface area contributed by atoms with Crippen LogP contribution in [0, 0.1) is 5.92 Å². The highest BCUT2D eigenvalue weighted by Crippen LogP contribution is 2.34. The van der Waals surface area contributed by atoms with Gasteiger partial charge in [-0.1, -0.05) is 29.3 Å². The van der Waals surface area contributed by atoms with Crippen molar-refractivity contribution >= 4 is 46.0 Å². The van der Waals surface area contributed by atoms with Gasteiger partial charge in [0.05, 0.1) is 32.8 Å². The molecule has 1 aromatic carbocycles. The van der Waals surface area contributed by atoms with E-state index >= 15 is 0 Å². The molecule has 2 heterocycles. The standard InChI is InChI=1S/C16H12Cl2N4O/c17-9-2-1-3-10(18)14(9)15-20-11-6-13(19-7-12(11)21-15)22-16(23)8-4-5-8/h1-3,6-8H,4-5H2,(H,20,21)(H,19,22,23). The molecule has 2 aromatic heterocycles. The van der Waals surface area contributed by atoms with Gasteiger partial charge in [-0.2, -0.15) is 0 Å². The van der Waals surface area contributed by atoms with Gasteiger partial charge in [-0.05, 0) is 25.0 Å². The van der Waals surface area contributed by atoms with E-state index in [0.717, 1.165) is 18.4 Å². The lowest BCUT2D eigenvalue weighted by atomic mass is 10.2. The first-order valence-electron chi connectivity index (χ1n) is 7.23. The largest absolute Gasteiger partial charge is 0.337 e. The third kappa shape index (κ3) is 2.78. The lowest BCUT2D eigenvalue weighted by Crippen LogP contribution is -2.14. The third-order valence-corrected chi connectivity index (χ3v) is 4.40. The highest BCUT2D eigenvalue weighted by atomic mass is 35.5. The Morgan fingerprint density at radius 3 is 2.70 bits per heavy atom. The number of H-pyrrole nitrogens is 1. The summed E-state index contributed by atoms with van der Waals surface area (Å²) in [7, 11) is 0. The molecule has 0 saturated heterocycles. The number of amides is 1. The summed E-state index contributed by atoms with van der Waals surface area (Å²) in [4.78, 5) is 23.7. The Morgan fingerprint density at radius 1 is 1.26 bits per heavy atom. The Hall–Kier alpha value is -2.11. The topological polar surface area (TPSA) is 70.7 Å². The van der Waals surface area contributed by atoms with Crippen molar-refractivity contribution in [2.75, 3.05) is 5.32 Å². The maximum Gasteiger partial charge on any atom is 0.228 e. The molecule has 0 bridgehead atoms. The number of nitrogens with one attached hydrogen (secondary N) is 2. The predicted octanol–water partition coefficient (Wildman–Crippen LogP) is 4.28. The highest BCUT2D eigenvalue weighted by Gasteiger charge is 2.29. The SMILES string of the molecule is O=C(Nc1cc2nc(-c3c(Cl)cccc3Cl)[nH]c2cn1)C1CC1. The molecule has 1 saturated carbocycles. The number of nitrogens with zero attached hydrogens (tertiary/aromatic N) is 2. The number of carbonyl (C=O) groups is 1. The quantitative estimate of drug-likeness (QED) is 0.743. The van der Waals surface area contributed by atoms with Crippen molar-refractivity contribution in [3.05, 3.63) is 40.5 Å².